The molecule has 0 atom stereocenters. The van der Waals surface area contributed by atoms with E-state index in [1.54, 1.807) is 6.07 Å². The van der Waals surface area contributed by atoms with Gasteiger partial charge >= 0.3 is 5.91 Å². The second-order valence-electron chi connectivity index (χ2n) is 4.36. The van der Waals surface area contributed by atoms with Crippen LogP contribution in [-0.2, 0) is 6.54 Å². The molecule has 3 N–H and O–H groups in total. The third-order valence-electron chi connectivity index (χ3n) is 3.19. The summed E-state index contributed by atoms with van der Waals surface area (Å²) in [6, 6.07) is 9.81. The van der Waals surface area contributed by atoms with Gasteiger partial charge in [0.05, 0.1) is 12.8 Å². The first-order chi connectivity index (χ1) is 9.70. The number of aromatic nitrogens is 1. The van der Waals surface area contributed by atoms with Crippen molar-refractivity contribution in [3.05, 3.63) is 58.6 Å². The number of halogens is 1. The van der Waals surface area contributed by atoms with Crippen LogP contribution in [0.15, 0.2) is 51.7 Å². The number of rotatable bonds is 3. The molecule has 0 bridgehead atoms. The highest BCUT2D eigenvalue weighted by atomic mass is 79.9. The van der Waals surface area contributed by atoms with E-state index in [2.05, 4.69) is 25.9 Å². The number of hydrogen-bond donors (Lipinski definition) is 2. The average Bonchev–Trinajstić information content (AvgIpc) is 3.07. The zero-order chi connectivity index (χ0) is 14.1. The smallest absolute Gasteiger partial charge is 0.301 e. The van der Waals surface area contributed by atoms with E-state index < -0.39 is 5.91 Å². The highest BCUT2D eigenvalue weighted by Crippen LogP contribution is 2.25. The molecule has 0 radical (unpaired) electrons. The van der Waals surface area contributed by atoms with Crippen molar-refractivity contribution in [2.75, 3.05) is 0 Å². The lowest BCUT2D eigenvalue weighted by Crippen LogP contribution is -2.30. The molecule has 0 aliphatic heterocycles. The first kappa shape index (κ1) is 13.0. The van der Waals surface area contributed by atoms with Crippen LogP contribution in [0.1, 0.15) is 16.1 Å². The van der Waals surface area contributed by atoms with Crippen LogP contribution < -0.4 is 11.3 Å². The van der Waals surface area contributed by atoms with Crippen molar-refractivity contribution < 1.29 is 9.21 Å². The summed E-state index contributed by atoms with van der Waals surface area (Å²) in [6.45, 7) is 0.541. The molecule has 3 rings (SSSR count). The van der Waals surface area contributed by atoms with Crippen LogP contribution in [0, 0.1) is 0 Å². The number of fused-ring (bicyclic) bond motifs is 1. The van der Waals surface area contributed by atoms with Crippen LogP contribution in [0.2, 0.25) is 0 Å². The fourth-order valence-electron chi connectivity index (χ4n) is 2.23. The van der Waals surface area contributed by atoms with Crippen LogP contribution in [0.4, 0.5) is 0 Å². The molecule has 1 amide bonds. The monoisotopic (exact) mass is 333 g/mol. The van der Waals surface area contributed by atoms with Gasteiger partial charge in [-0.2, -0.15) is 0 Å². The van der Waals surface area contributed by atoms with Crippen LogP contribution in [0.3, 0.4) is 0 Å². The Morgan fingerprint density at radius 3 is 3.00 bits per heavy atom. The number of hydrogen-bond acceptors (Lipinski definition) is 3. The zero-order valence-electron chi connectivity index (χ0n) is 10.5. The van der Waals surface area contributed by atoms with Gasteiger partial charge in [-0.1, -0.05) is 22.0 Å². The van der Waals surface area contributed by atoms with Gasteiger partial charge in [-0.3, -0.25) is 10.2 Å². The maximum atomic E-state index is 11.6. The van der Waals surface area contributed by atoms with Crippen molar-refractivity contribution >= 4 is 32.7 Å². The Morgan fingerprint density at radius 2 is 2.20 bits per heavy atom. The average molecular weight is 334 g/mol. The van der Waals surface area contributed by atoms with Crippen molar-refractivity contribution in [3.63, 3.8) is 0 Å². The molecule has 1 aromatic carbocycles. The number of nitrogens with zero attached hydrogens (tertiary/aromatic N) is 1. The van der Waals surface area contributed by atoms with E-state index in [1.807, 2.05) is 30.5 Å². The molecule has 0 spiro atoms. The Bertz CT molecular complexity index is 776. The largest absolute Gasteiger partial charge is 0.459 e. The van der Waals surface area contributed by atoms with Gasteiger partial charge in [0.2, 0.25) is 0 Å². The molecule has 0 saturated carbocycles. The van der Waals surface area contributed by atoms with Gasteiger partial charge in [-0.05, 0) is 24.3 Å². The standard InChI is InChI=1S/C14H12BrN3O2/c15-11-2-1-3-12-10(11)4-6-18(12)8-9-5-7-20-13(9)14(19)17-16/h1-7H,8,16H2,(H,17,19). The summed E-state index contributed by atoms with van der Waals surface area (Å²) < 4.78 is 8.28. The number of carbonyl (C=O) groups is 1. The first-order valence-electron chi connectivity index (χ1n) is 6.01. The molecule has 2 aromatic heterocycles. The van der Waals surface area contributed by atoms with Crippen LogP contribution in [-0.4, -0.2) is 10.5 Å². The summed E-state index contributed by atoms with van der Waals surface area (Å²) in [7, 11) is 0. The fraction of sp³-hybridized carbons (Fsp3) is 0.0714. The lowest BCUT2D eigenvalue weighted by Gasteiger charge is -2.06. The lowest BCUT2D eigenvalue weighted by molar-refractivity contribution is 0.0924. The van der Waals surface area contributed by atoms with Crippen LogP contribution in [0.25, 0.3) is 10.9 Å². The predicted octanol–water partition coefficient (Wildman–Crippen LogP) is 2.65. The van der Waals surface area contributed by atoms with Crippen molar-refractivity contribution in [1.82, 2.24) is 9.99 Å². The van der Waals surface area contributed by atoms with E-state index in [0.717, 1.165) is 20.9 Å². The number of nitrogen functional groups attached to an aromatic ring is 1. The molecule has 0 unspecified atom stereocenters. The summed E-state index contributed by atoms with van der Waals surface area (Å²) in [5.74, 6) is 4.96. The molecule has 0 fully saturated rings. The summed E-state index contributed by atoms with van der Waals surface area (Å²) in [5, 5.41) is 1.13. The van der Waals surface area contributed by atoms with E-state index in [-0.39, 0.29) is 5.76 Å². The van der Waals surface area contributed by atoms with Crippen LogP contribution in [0.5, 0.6) is 0 Å². The third kappa shape index (κ3) is 2.13. The van der Waals surface area contributed by atoms with Gasteiger partial charge in [0.15, 0.2) is 5.76 Å². The minimum Gasteiger partial charge on any atom is -0.459 e. The molecule has 0 aliphatic carbocycles. The molecule has 102 valence electrons. The molecular formula is C14H12BrN3O2. The normalized spacial score (nSPS) is 10.9. The van der Waals surface area contributed by atoms with E-state index in [1.165, 1.54) is 6.26 Å². The van der Waals surface area contributed by atoms with Gasteiger partial charge in [0.25, 0.3) is 0 Å². The minimum atomic E-state index is -0.428. The summed E-state index contributed by atoms with van der Waals surface area (Å²) >= 11 is 3.52. The molecular weight excluding hydrogens is 322 g/mol. The first-order valence-corrected chi connectivity index (χ1v) is 6.80. The van der Waals surface area contributed by atoms with E-state index in [9.17, 15) is 4.79 Å². The number of nitrogens with two attached hydrogens (primary N) is 1. The fourth-order valence-corrected chi connectivity index (χ4v) is 2.72. The van der Waals surface area contributed by atoms with Gasteiger partial charge in [-0.15, -0.1) is 0 Å². The Balaban J connectivity index is 2.00. The van der Waals surface area contributed by atoms with E-state index in [0.29, 0.717) is 6.54 Å². The number of hydrazine groups is 1. The molecule has 3 aromatic rings. The van der Waals surface area contributed by atoms with E-state index in [4.69, 9.17) is 10.3 Å². The SMILES string of the molecule is NNC(=O)c1occc1Cn1ccc2c(Br)cccc21. The Morgan fingerprint density at radius 1 is 1.35 bits per heavy atom. The highest BCUT2D eigenvalue weighted by Gasteiger charge is 2.15. The zero-order valence-corrected chi connectivity index (χ0v) is 12.1. The van der Waals surface area contributed by atoms with Crippen molar-refractivity contribution in [2.45, 2.75) is 6.54 Å². The van der Waals surface area contributed by atoms with Gasteiger partial charge in [0, 0.05) is 27.1 Å². The van der Waals surface area contributed by atoms with Gasteiger partial charge in [0.1, 0.15) is 0 Å². The molecule has 0 aliphatic rings. The second-order valence-corrected chi connectivity index (χ2v) is 5.22. The third-order valence-corrected chi connectivity index (χ3v) is 3.88. The Kier molecular flexibility index (Phi) is 3.33. The molecule has 0 saturated heterocycles. The van der Waals surface area contributed by atoms with Crippen LogP contribution >= 0.6 is 15.9 Å². The number of nitrogens with one attached hydrogen (secondary N) is 1. The topological polar surface area (TPSA) is 73.2 Å². The molecule has 5 nitrogen and oxygen atoms in total. The highest BCUT2D eigenvalue weighted by molar-refractivity contribution is 9.10. The maximum absolute atomic E-state index is 11.6. The Labute approximate surface area is 123 Å². The van der Waals surface area contributed by atoms with E-state index >= 15 is 0 Å². The maximum Gasteiger partial charge on any atom is 0.301 e. The van der Waals surface area contributed by atoms with Gasteiger partial charge in [-0.25, -0.2) is 5.84 Å². The number of carbonyl (C=O) groups excluding carboxylic acids is 1. The summed E-state index contributed by atoms with van der Waals surface area (Å²) in [4.78, 5) is 11.6. The minimum absolute atomic E-state index is 0.240. The summed E-state index contributed by atoms with van der Waals surface area (Å²) in [6.07, 6.45) is 3.47. The van der Waals surface area contributed by atoms with Crippen molar-refractivity contribution in [1.29, 1.82) is 0 Å². The summed E-state index contributed by atoms with van der Waals surface area (Å²) in [5.41, 5.74) is 3.95. The number of furan rings is 1. The quantitative estimate of drug-likeness (QED) is 0.439. The number of benzene rings is 1. The van der Waals surface area contributed by atoms with Crippen molar-refractivity contribution in [2.24, 2.45) is 5.84 Å². The molecule has 20 heavy (non-hydrogen) atoms. The molecule has 6 heteroatoms. The molecule has 2 heterocycles. The number of amides is 1. The lowest BCUT2D eigenvalue weighted by atomic mass is 10.2. The van der Waals surface area contributed by atoms with Gasteiger partial charge < -0.3 is 8.98 Å². The Hall–Kier alpha value is -2.05. The second kappa shape index (κ2) is 5.15. The predicted molar refractivity (Wildman–Crippen MR) is 79.1 cm³/mol. The van der Waals surface area contributed by atoms with Crippen molar-refractivity contribution in [3.8, 4) is 0 Å².